The maximum atomic E-state index is 3.92. The molecule has 0 amide bonds. The molecule has 1 aliphatic rings. The second kappa shape index (κ2) is 3.69. The van der Waals surface area contributed by atoms with Gasteiger partial charge in [0.2, 0.25) is 0 Å². The molecule has 2 heterocycles. The van der Waals surface area contributed by atoms with Crippen LogP contribution in [0.2, 0.25) is 0 Å². The SMILES string of the molecule is Cl.c1cn([C@H]2CCNC2)nn1. The smallest absolute Gasteiger partial charge is 0.0693 e. The molecule has 1 aliphatic heterocycles. The fourth-order valence-corrected chi connectivity index (χ4v) is 1.28. The quantitative estimate of drug-likeness (QED) is 0.663. The van der Waals surface area contributed by atoms with E-state index in [9.17, 15) is 0 Å². The molecular weight excluding hydrogens is 164 g/mol. The monoisotopic (exact) mass is 174 g/mol. The Morgan fingerprint density at radius 1 is 1.55 bits per heavy atom. The van der Waals surface area contributed by atoms with E-state index in [2.05, 4.69) is 15.6 Å². The first-order valence-electron chi connectivity index (χ1n) is 3.53. The molecule has 5 heteroatoms. The summed E-state index contributed by atoms with van der Waals surface area (Å²) in [5.41, 5.74) is 0. The summed E-state index contributed by atoms with van der Waals surface area (Å²) in [5, 5.41) is 10.9. The zero-order valence-corrected chi connectivity index (χ0v) is 6.92. The summed E-state index contributed by atoms with van der Waals surface area (Å²) in [4.78, 5) is 0. The summed E-state index contributed by atoms with van der Waals surface area (Å²) in [6, 6.07) is 0.530. The Bertz CT molecular complexity index is 192. The van der Waals surface area contributed by atoms with Crippen LogP contribution in [-0.4, -0.2) is 28.1 Å². The first-order valence-corrected chi connectivity index (χ1v) is 3.53. The first kappa shape index (κ1) is 8.49. The van der Waals surface area contributed by atoms with Crippen molar-refractivity contribution in [2.24, 2.45) is 0 Å². The fourth-order valence-electron chi connectivity index (χ4n) is 1.28. The molecule has 1 aromatic rings. The van der Waals surface area contributed by atoms with Gasteiger partial charge in [0.05, 0.1) is 12.2 Å². The number of halogens is 1. The van der Waals surface area contributed by atoms with E-state index in [1.807, 2.05) is 10.9 Å². The molecule has 4 nitrogen and oxygen atoms in total. The van der Waals surface area contributed by atoms with Crippen LogP contribution >= 0.6 is 12.4 Å². The van der Waals surface area contributed by atoms with E-state index < -0.39 is 0 Å². The zero-order valence-electron chi connectivity index (χ0n) is 6.10. The molecule has 11 heavy (non-hydrogen) atoms. The van der Waals surface area contributed by atoms with E-state index in [1.54, 1.807) is 6.20 Å². The lowest BCUT2D eigenvalue weighted by atomic mass is 10.3. The molecule has 1 saturated heterocycles. The lowest BCUT2D eigenvalue weighted by molar-refractivity contribution is 0.476. The molecule has 2 rings (SSSR count). The van der Waals surface area contributed by atoms with Crippen LogP contribution in [0.5, 0.6) is 0 Å². The maximum Gasteiger partial charge on any atom is 0.0693 e. The Hall–Kier alpha value is -0.610. The average Bonchev–Trinajstić information content (AvgIpc) is 2.59. The lowest BCUT2D eigenvalue weighted by Gasteiger charge is -2.05. The first-order chi connectivity index (χ1) is 4.97. The molecule has 0 unspecified atom stereocenters. The Morgan fingerprint density at radius 3 is 3.00 bits per heavy atom. The van der Waals surface area contributed by atoms with E-state index >= 15 is 0 Å². The van der Waals surface area contributed by atoms with Gasteiger partial charge in [0.15, 0.2) is 0 Å². The summed E-state index contributed by atoms with van der Waals surface area (Å²) >= 11 is 0. The highest BCUT2D eigenvalue weighted by Gasteiger charge is 2.15. The molecule has 62 valence electrons. The van der Waals surface area contributed by atoms with Crippen LogP contribution in [0.1, 0.15) is 12.5 Å². The second-order valence-electron chi connectivity index (χ2n) is 2.53. The van der Waals surface area contributed by atoms with Crippen LogP contribution in [0.4, 0.5) is 0 Å². The second-order valence-corrected chi connectivity index (χ2v) is 2.53. The molecule has 1 atom stereocenters. The van der Waals surface area contributed by atoms with Gasteiger partial charge in [-0.25, -0.2) is 4.68 Å². The van der Waals surface area contributed by atoms with Crippen LogP contribution in [0.25, 0.3) is 0 Å². The van der Waals surface area contributed by atoms with Gasteiger partial charge < -0.3 is 5.32 Å². The van der Waals surface area contributed by atoms with Gasteiger partial charge in [0.25, 0.3) is 0 Å². The molecule has 0 bridgehead atoms. The van der Waals surface area contributed by atoms with Gasteiger partial charge in [-0.3, -0.25) is 0 Å². The normalized spacial score (nSPS) is 23.1. The molecule has 0 radical (unpaired) electrons. The molecular formula is C6H11ClN4. The maximum absolute atomic E-state index is 3.92. The van der Waals surface area contributed by atoms with E-state index in [0.29, 0.717) is 6.04 Å². The van der Waals surface area contributed by atoms with Crippen molar-refractivity contribution < 1.29 is 0 Å². The van der Waals surface area contributed by atoms with Crippen molar-refractivity contribution in [1.29, 1.82) is 0 Å². The molecule has 1 fully saturated rings. The standard InChI is InChI=1S/C6H10N4.ClH/c1-2-7-5-6(1)10-4-3-8-9-10;/h3-4,6-7H,1-2,5H2;1H/t6-;/m0./s1. The highest BCUT2D eigenvalue weighted by atomic mass is 35.5. The van der Waals surface area contributed by atoms with Crippen molar-refractivity contribution in [1.82, 2.24) is 20.3 Å². The molecule has 0 spiro atoms. The minimum absolute atomic E-state index is 0. The fraction of sp³-hybridized carbons (Fsp3) is 0.667. The van der Waals surface area contributed by atoms with Crippen molar-refractivity contribution in [3.63, 3.8) is 0 Å². The van der Waals surface area contributed by atoms with Gasteiger partial charge in [-0.2, -0.15) is 0 Å². The van der Waals surface area contributed by atoms with Crippen molar-refractivity contribution in [3.8, 4) is 0 Å². The van der Waals surface area contributed by atoms with Crippen molar-refractivity contribution in [2.75, 3.05) is 13.1 Å². The van der Waals surface area contributed by atoms with Gasteiger partial charge in [-0.15, -0.1) is 17.5 Å². The van der Waals surface area contributed by atoms with Crippen molar-refractivity contribution in [3.05, 3.63) is 12.4 Å². The summed E-state index contributed by atoms with van der Waals surface area (Å²) in [6.07, 6.45) is 4.80. The van der Waals surface area contributed by atoms with Crippen LogP contribution in [0, 0.1) is 0 Å². The number of hydrogen-bond donors (Lipinski definition) is 1. The molecule has 1 aromatic heterocycles. The minimum Gasteiger partial charge on any atom is -0.315 e. The average molecular weight is 175 g/mol. The Morgan fingerprint density at radius 2 is 2.45 bits per heavy atom. The van der Waals surface area contributed by atoms with E-state index in [4.69, 9.17) is 0 Å². The van der Waals surface area contributed by atoms with Gasteiger partial charge in [0.1, 0.15) is 0 Å². The van der Waals surface area contributed by atoms with Gasteiger partial charge in [0, 0.05) is 12.7 Å². The predicted molar refractivity (Wildman–Crippen MR) is 43.8 cm³/mol. The number of nitrogens with one attached hydrogen (secondary N) is 1. The highest BCUT2D eigenvalue weighted by molar-refractivity contribution is 5.85. The van der Waals surface area contributed by atoms with Crippen LogP contribution in [-0.2, 0) is 0 Å². The van der Waals surface area contributed by atoms with Crippen LogP contribution in [0.3, 0.4) is 0 Å². The predicted octanol–water partition coefficient (Wildman–Crippen LogP) is 0.234. The summed E-state index contributed by atoms with van der Waals surface area (Å²) in [7, 11) is 0. The summed E-state index contributed by atoms with van der Waals surface area (Å²) in [6.45, 7) is 2.13. The number of nitrogens with zero attached hydrogens (tertiary/aromatic N) is 3. The van der Waals surface area contributed by atoms with Crippen molar-refractivity contribution in [2.45, 2.75) is 12.5 Å². The van der Waals surface area contributed by atoms with Gasteiger partial charge >= 0.3 is 0 Å². The van der Waals surface area contributed by atoms with E-state index in [1.165, 1.54) is 6.42 Å². The number of rotatable bonds is 1. The zero-order chi connectivity index (χ0) is 6.81. The Balaban J connectivity index is 0.000000605. The van der Waals surface area contributed by atoms with Gasteiger partial charge in [-0.05, 0) is 13.0 Å². The third-order valence-corrected chi connectivity index (χ3v) is 1.85. The number of aromatic nitrogens is 3. The van der Waals surface area contributed by atoms with Crippen LogP contribution < -0.4 is 5.32 Å². The summed E-state index contributed by atoms with van der Waals surface area (Å²) < 4.78 is 1.92. The molecule has 0 aliphatic carbocycles. The molecule has 0 aromatic carbocycles. The van der Waals surface area contributed by atoms with Gasteiger partial charge in [-0.1, -0.05) is 5.21 Å². The minimum atomic E-state index is 0. The lowest BCUT2D eigenvalue weighted by Crippen LogP contribution is -2.13. The van der Waals surface area contributed by atoms with Crippen LogP contribution in [0.15, 0.2) is 12.4 Å². The number of hydrogen-bond acceptors (Lipinski definition) is 3. The third kappa shape index (κ3) is 1.70. The molecule has 1 N–H and O–H groups in total. The Labute approximate surface area is 71.4 Å². The third-order valence-electron chi connectivity index (χ3n) is 1.85. The summed E-state index contributed by atoms with van der Waals surface area (Å²) in [5.74, 6) is 0. The topological polar surface area (TPSA) is 42.7 Å². The molecule has 0 saturated carbocycles. The van der Waals surface area contributed by atoms with E-state index in [-0.39, 0.29) is 12.4 Å². The highest BCUT2D eigenvalue weighted by Crippen LogP contribution is 2.11. The van der Waals surface area contributed by atoms with E-state index in [0.717, 1.165) is 13.1 Å². The largest absolute Gasteiger partial charge is 0.315 e. The Kier molecular flexibility index (Phi) is 2.84. The van der Waals surface area contributed by atoms with Crippen molar-refractivity contribution >= 4 is 12.4 Å².